The standard InChI is InChI=1S/C10H15BrN2S/c1-8-2-3-13(10(8)4-11)6-9-5-12-7-14-9/h5,7-8,10H,2-4,6H2,1H3. The lowest BCUT2D eigenvalue weighted by molar-refractivity contribution is 0.246. The first-order valence-corrected chi connectivity index (χ1v) is 6.98. The van der Waals surface area contributed by atoms with E-state index in [-0.39, 0.29) is 0 Å². The Bertz CT molecular complexity index is 276. The predicted octanol–water partition coefficient (Wildman–Crippen LogP) is 2.75. The zero-order chi connectivity index (χ0) is 9.97. The summed E-state index contributed by atoms with van der Waals surface area (Å²) >= 11 is 5.36. The summed E-state index contributed by atoms with van der Waals surface area (Å²) in [7, 11) is 0. The van der Waals surface area contributed by atoms with Gasteiger partial charge in [-0.3, -0.25) is 9.88 Å². The Morgan fingerprint density at radius 2 is 2.57 bits per heavy atom. The number of aromatic nitrogens is 1. The molecular weight excluding hydrogens is 260 g/mol. The molecule has 2 heterocycles. The van der Waals surface area contributed by atoms with Crippen molar-refractivity contribution in [1.29, 1.82) is 0 Å². The van der Waals surface area contributed by atoms with Gasteiger partial charge in [0.1, 0.15) is 0 Å². The Balaban J connectivity index is 1.98. The van der Waals surface area contributed by atoms with Crippen molar-refractivity contribution in [2.45, 2.75) is 25.9 Å². The first kappa shape index (κ1) is 10.6. The van der Waals surface area contributed by atoms with Crippen LogP contribution in [0, 0.1) is 5.92 Å². The molecule has 2 nitrogen and oxygen atoms in total. The Labute approximate surface area is 97.5 Å². The zero-order valence-corrected chi connectivity index (χ0v) is 10.7. The van der Waals surface area contributed by atoms with E-state index in [1.807, 2.05) is 11.7 Å². The van der Waals surface area contributed by atoms with Crippen molar-refractivity contribution in [2.24, 2.45) is 5.92 Å². The van der Waals surface area contributed by atoms with Crippen molar-refractivity contribution < 1.29 is 0 Å². The highest BCUT2D eigenvalue weighted by atomic mass is 79.9. The summed E-state index contributed by atoms with van der Waals surface area (Å²) in [5, 5.41) is 1.09. The molecule has 1 aromatic rings. The zero-order valence-electron chi connectivity index (χ0n) is 8.32. The van der Waals surface area contributed by atoms with Gasteiger partial charge in [0.15, 0.2) is 0 Å². The molecule has 1 fully saturated rings. The Kier molecular flexibility index (Phi) is 3.57. The Morgan fingerprint density at radius 3 is 3.21 bits per heavy atom. The first-order chi connectivity index (χ1) is 6.81. The summed E-state index contributed by atoms with van der Waals surface area (Å²) in [6, 6.07) is 0.706. The molecule has 1 aromatic heterocycles. The van der Waals surface area contributed by atoms with Crippen molar-refractivity contribution in [2.75, 3.05) is 11.9 Å². The largest absolute Gasteiger partial charge is 0.294 e. The lowest BCUT2D eigenvalue weighted by atomic mass is 10.1. The molecule has 14 heavy (non-hydrogen) atoms. The van der Waals surface area contributed by atoms with E-state index in [1.54, 1.807) is 11.3 Å². The summed E-state index contributed by atoms with van der Waals surface area (Å²) in [6.07, 6.45) is 3.31. The fourth-order valence-electron chi connectivity index (χ4n) is 2.05. The molecule has 78 valence electrons. The number of hydrogen-bond donors (Lipinski definition) is 0. The highest BCUT2D eigenvalue weighted by Gasteiger charge is 2.29. The Hall–Kier alpha value is 0.0700. The number of rotatable bonds is 3. The molecule has 0 radical (unpaired) electrons. The highest BCUT2D eigenvalue weighted by molar-refractivity contribution is 9.09. The van der Waals surface area contributed by atoms with Gasteiger partial charge in [0.25, 0.3) is 0 Å². The minimum Gasteiger partial charge on any atom is -0.294 e. The lowest BCUT2D eigenvalue weighted by Crippen LogP contribution is -2.32. The topological polar surface area (TPSA) is 16.1 Å². The van der Waals surface area contributed by atoms with E-state index < -0.39 is 0 Å². The molecule has 0 amide bonds. The molecule has 2 rings (SSSR count). The predicted molar refractivity (Wildman–Crippen MR) is 63.9 cm³/mol. The number of thiazole rings is 1. The third-order valence-corrected chi connectivity index (χ3v) is 4.43. The maximum absolute atomic E-state index is 4.11. The van der Waals surface area contributed by atoms with E-state index in [0.717, 1.165) is 17.8 Å². The van der Waals surface area contributed by atoms with Crippen LogP contribution in [0.1, 0.15) is 18.2 Å². The average Bonchev–Trinajstić information content (AvgIpc) is 2.77. The molecule has 0 spiro atoms. The summed E-state index contributed by atoms with van der Waals surface area (Å²) in [5.41, 5.74) is 1.91. The fraction of sp³-hybridized carbons (Fsp3) is 0.700. The van der Waals surface area contributed by atoms with Crippen LogP contribution in [0.5, 0.6) is 0 Å². The van der Waals surface area contributed by atoms with Crippen LogP contribution >= 0.6 is 27.3 Å². The van der Waals surface area contributed by atoms with Crippen LogP contribution in [0.3, 0.4) is 0 Å². The minimum absolute atomic E-state index is 0.706. The number of alkyl halides is 1. The second-order valence-corrected chi connectivity index (χ2v) is 5.54. The monoisotopic (exact) mass is 274 g/mol. The third-order valence-electron chi connectivity index (χ3n) is 3.00. The molecule has 0 bridgehead atoms. The van der Waals surface area contributed by atoms with Crippen LogP contribution in [0.25, 0.3) is 0 Å². The second-order valence-electron chi connectivity index (χ2n) is 3.93. The number of likely N-dealkylation sites (tertiary alicyclic amines) is 1. The summed E-state index contributed by atoms with van der Waals surface area (Å²) < 4.78 is 0. The number of nitrogens with zero attached hydrogens (tertiary/aromatic N) is 2. The van der Waals surface area contributed by atoms with Crippen molar-refractivity contribution in [3.8, 4) is 0 Å². The summed E-state index contributed by atoms with van der Waals surface area (Å²) in [5.74, 6) is 0.822. The average molecular weight is 275 g/mol. The molecular formula is C10H15BrN2S. The summed E-state index contributed by atoms with van der Waals surface area (Å²) in [4.78, 5) is 8.06. The molecule has 1 aliphatic rings. The van der Waals surface area contributed by atoms with Crippen molar-refractivity contribution in [3.05, 3.63) is 16.6 Å². The van der Waals surface area contributed by atoms with Crippen molar-refractivity contribution in [1.82, 2.24) is 9.88 Å². The van der Waals surface area contributed by atoms with Crippen LogP contribution in [-0.4, -0.2) is 27.8 Å². The van der Waals surface area contributed by atoms with E-state index in [0.29, 0.717) is 6.04 Å². The van der Waals surface area contributed by atoms with Gasteiger partial charge < -0.3 is 0 Å². The molecule has 0 N–H and O–H groups in total. The number of halogens is 1. The van der Waals surface area contributed by atoms with Gasteiger partial charge in [-0.25, -0.2) is 0 Å². The minimum atomic E-state index is 0.706. The molecule has 0 saturated carbocycles. The highest BCUT2D eigenvalue weighted by Crippen LogP contribution is 2.27. The summed E-state index contributed by atoms with van der Waals surface area (Å²) in [6.45, 7) is 4.65. The van der Waals surface area contributed by atoms with Crippen molar-refractivity contribution in [3.63, 3.8) is 0 Å². The quantitative estimate of drug-likeness (QED) is 0.788. The molecule has 2 atom stereocenters. The molecule has 2 unspecified atom stereocenters. The second kappa shape index (κ2) is 4.73. The van der Waals surface area contributed by atoms with Gasteiger partial charge in [0.05, 0.1) is 5.51 Å². The number of hydrogen-bond acceptors (Lipinski definition) is 3. The van der Waals surface area contributed by atoms with Crippen LogP contribution in [0.4, 0.5) is 0 Å². The van der Waals surface area contributed by atoms with Gasteiger partial charge in [-0.2, -0.15) is 0 Å². The van der Waals surface area contributed by atoms with Crippen LogP contribution in [0.2, 0.25) is 0 Å². The van der Waals surface area contributed by atoms with E-state index >= 15 is 0 Å². The van der Waals surface area contributed by atoms with Gasteiger partial charge in [0.2, 0.25) is 0 Å². The fourth-order valence-corrected chi connectivity index (χ4v) is 3.72. The molecule has 1 aliphatic heterocycles. The SMILES string of the molecule is CC1CCN(Cc2cncs2)C1CBr. The molecule has 4 heteroatoms. The van der Waals surface area contributed by atoms with Crippen LogP contribution in [-0.2, 0) is 6.54 Å². The van der Waals surface area contributed by atoms with Gasteiger partial charge in [-0.05, 0) is 18.9 Å². The maximum atomic E-state index is 4.11. The molecule has 1 saturated heterocycles. The Morgan fingerprint density at radius 1 is 1.71 bits per heavy atom. The smallest absolute Gasteiger partial charge is 0.0794 e. The molecule has 0 aliphatic carbocycles. The van der Waals surface area contributed by atoms with Gasteiger partial charge in [-0.1, -0.05) is 22.9 Å². The van der Waals surface area contributed by atoms with E-state index in [2.05, 4.69) is 32.7 Å². The lowest BCUT2D eigenvalue weighted by Gasteiger charge is -2.24. The van der Waals surface area contributed by atoms with Gasteiger partial charge in [-0.15, -0.1) is 11.3 Å². The van der Waals surface area contributed by atoms with E-state index in [1.165, 1.54) is 17.8 Å². The van der Waals surface area contributed by atoms with Crippen LogP contribution in [0.15, 0.2) is 11.7 Å². The first-order valence-electron chi connectivity index (χ1n) is 4.98. The van der Waals surface area contributed by atoms with Gasteiger partial charge >= 0.3 is 0 Å². The van der Waals surface area contributed by atoms with Crippen LogP contribution < -0.4 is 0 Å². The van der Waals surface area contributed by atoms with Crippen molar-refractivity contribution >= 4 is 27.3 Å². The third kappa shape index (κ3) is 2.18. The maximum Gasteiger partial charge on any atom is 0.0794 e. The van der Waals surface area contributed by atoms with Gasteiger partial charge in [0, 0.05) is 29.0 Å². The van der Waals surface area contributed by atoms with E-state index in [4.69, 9.17) is 0 Å². The van der Waals surface area contributed by atoms with E-state index in [9.17, 15) is 0 Å². The normalized spacial score (nSPS) is 28.4. The molecule has 0 aromatic carbocycles.